The third-order valence-corrected chi connectivity index (χ3v) is 5.75. The molecule has 1 amide bonds. The lowest BCUT2D eigenvalue weighted by atomic mass is 9.92. The van der Waals surface area contributed by atoms with Crippen molar-refractivity contribution >= 4 is 11.6 Å². The zero-order chi connectivity index (χ0) is 22.5. The topological polar surface area (TPSA) is 100 Å². The Kier molecular flexibility index (Phi) is 6.70. The number of rotatable bonds is 6. The molecule has 8 heteroatoms. The van der Waals surface area contributed by atoms with Gasteiger partial charge in [-0.15, -0.1) is 0 Å². The minimum absolute atomic E-state index is 0.220. The summed E-state index contributed by atoms with van der Waals surface area (Å²) in [7, 11) is 0. The Bertz CT molecular complexity index is 1090. The van der Waals surface area contributed by atoms with Crippen molar-refractivity contribution in [1.82, 2.24) is 20.3 Å². The number of halogens is 1. The van der Waals surface area contributed by atoms with E-state index in [9.17, 15) is 14.3 Å². The molecule has 2 aromatic heterocycles. The summed E-state index contributed by atoms with van der Waals surface area (Å²) < 4.78 is 14.6. The summed E-state index contributed by atoms with van der Waals surface area (Å²) in [5.74, 6) is -0.274. The predicted molar refractivity (Wildman–Crippen MR) is 119 cm³/mol. The van der Waals surface area contributed by atoms with Gasteiger partial charge in [-0.05, 0) is 49.6 Å². The molecule has 1 aromatic carbocycles. The molecule has 2 heterocycles. The Hall–Kier alpha value is -3.39. The number of hydrogen-bond donors (Lipinski definition) is 3. The van der Waals surface area contributed by atoms with Crippen LogP contribution in [0.15, 0.2) is 49.1 Å². The van der Waals surface area contributed by atoms with E-state index in [1.807, 2.05) is 6.07 Å². The van der Waals surface area contributed by atoms with Gasteiger partial charge in [0.1, 0.15) is 5.82 Å². The van der Waals surface area contributed by atoms with Crippen LogP contribution in [-0.2, 0) is 6.54 Å². The highest BCUT2D eigenvalue weighted by Gasteiger charge is 2.25. The second kappa shape index (κ2) is 9.82. The Morgan fingerprint density at radius 3 is 2.72 bits per heavy atom. The molecule has 0 aliphatic heterocycles. The van der Waals surface area contributed by atoms with Crippen LogP contribution in [0.2, 0.25) is 0 Å². The lowest BCUT2D eigenvalue weighted by Crippen LogP contribution is -2.45. The standard InChI is InChI=1S/C24H26FN5O2/c1-15-19(25)10-17(24(32)30-20-5-2-3-6-22(20)31)11-21(15)29-13-16-9-18(14-26-12-16)23-27-7-4-8-28-23/h4,7-12,14,20,22,29,31H,2-3,5-6,13H2,1H3,(H,30,32)/t20-,22-/m0/s1. The highest BCUT2D eigenvalue weighted by molar-refractivity contribution is 5.95. The summed E-state index contributed by atoms with van der Waals surface area (Å²) in [5.41, 5.74) is 2.83. The number of carbonyl (C=O) groups is 1. The van der Waals surface area contributed by atoms with Crippen LogP contribution >= 0.6 is 0 Å². The Balaban J connectivity index is 1.48. The fourth-order valence-corrected chi connectivity index (χ4v) is 3.88. The van der Waals surface area contributed by atoms with Gasteiger partial charge in [0.15, 0.2) is 5.82 Å². The predicted octanol–water partition coefficient (Wildman–Crippen LogP) is 3.63. The van der Waals surface area contributed by atoms with Gasteiger partial charge in [-0.25, -0.2) is 14.4 Å². The van der Waals surface area contributed by atoms with E-state index in [4.69, 9.17) is 0 Å². The highest BCUT2D eigenvalue weighted by Crippen LogP contribution is 2.24. The first-order chi connectivity index (χ1) is 15.5. The fraction of sp³-hybridized carbons (Fsp3) is 0.333. The number of benzene rings is 1. The van der Waals surface area contributed by atoms with Crippen molar-refractivity contribution in [2.24, 2.45) is 0 Å². The molecule has 4 rings (SSSR count). The van der Waals surface area contributed by atoms with E-state index in [0.29, 0.717) is 30.0 Å². The Morgan fingerprint density at radius 1 is 1.16 bits per heavy atom. The zero-order valence-electron chi connectivity index (χ0n) is 17.9. The first-order valence-electron chi connectivity index (χ1n) is 10.8. The molecule has 1 aliphatic rings. The Labute approximate surface area is 186 Å². The molecule has 0 bridgehead atoms. The number of nitrogens with one attached hydrogen (secondary N) is 2. The molecule has 0 saturated heterocycles. The van der Waals surface area contributed by atoms with Crippen LogP contribution in [-0.4, -0.2) is 38.1 Å². The number of aliphatic hydroxyl groups is 1. The van der Waals surface area contributed by atoms with Crippen molar-refractivity contribution in [1.29, 1.82) is 0 Å². The number of anilines is 1. The van der Waals surface area contributed by atoms with Crippen LogP contribution in [0.4, 0.5) is 10.1 Å². The third-order valence-electron chi connectivity index (χ3n) is 5.75. The van der Waals surface area contributed by atoms with Gasteiger partial charge in [0, 0.05) is 53.7 Å². The maximum absolute atomic E-state index is 14.6. The highest BCUT2D eigenvalue weighted by atomic mass is 19.1. The number of hydrogen-bond acceptors (Lipinski definition) is 6. The van der Waals surface area contributed by atoms with E-state index in [2.05, 4.69) is 25.6 Å². The van der Waals surface area contributed by atoms with Crippen LogP contribution in [0.1, 0.15) is 47.2 Å². The molecule has 166 valence electrons. The molecule has 3 N–H and O–H groups in total. The fourth-order valence-electron chi connectivity index (χ4n) is 3.88. The maximum atomic E-state index is 14.6. The molecular formula is C24H26FN5O2. The van der Waals surface area contributed by atoms with Gasteiger partial charge in [-0.3, -0.25) is 9.78 Å². The second-order valence-corrected chi connectivity index (χ2v) is 8.07. The maximum Gasteiger partial charge on any atom is 0.251 e. The molecule has 3 aromatic rings. The zero-order valence-corrected chi connectivity index (χ0v) is 17.9. The average molecular weight is 436 g/mol. The number of amides is 1. The molecule has 32 heavy (non-hydrogen) atoms. The lowest BCUT2D eigenvalue weighted by molar-refractivity contribution is 0.0717. The van der Waals surface area contributed by atoms with Crippen molar-refractivity contribution in [3.8, 4) is 11.4 Å². The Morgan fingerprint density at radius 2 is 1.94 bits per heavy atom. The average Bonchev–Trinajstić information content (AvgIpc) is 2.82. The third kappa shape index (κ3) is 5.08. The monoisotopic (exact) mass is 435 g/mol. The molecule has 1 fully saturated rings. The van der Waals surface area contributed by atoms with Gasteiger partial charge in [-0.1, -0.05) is 12.8 Å². The van der Waals surface area contributed by atoms with Crippen LogP contribution < -0.4 is 10.6 Å². The quantitative estimate of drug-likeness (QED) is 0.547. The normalized spacial score (nSPS) is 18.2. The molecule has 0 unspecified atom stereocenters. The van der Waals surface area contributed by atoms with Gasteiger partial charge in [0.05, 0.1) is 12.1 Å². The molecule has 1 saturated carbocycles. The second-order valence-electron chi connectivity index (χ2n) is 8.07. The summed E-state index contributed by atoms with van der Waals surface area (Å²) in [4.78, 5) is 25.4. The number of aromatic nitrogens is 3. The van der Waals surface area contributed by atoms with E-state index >= 15 is 0 Å². The van der Waals surface area contributed by atoms with Crippen LogP contribution in [0.25, 0.3) is 11.4 Å². The van der Waals surface area contributed by atoms with Crippen molar-refractivity contribution in [2.75, 3.05) is 5.32 Å². The molecule has 1 aliphatic carbocycles. The largest absolute Gasteiger partial charge is 0.391 e. The number of pyridine rings is 1. The molecule has 0 spiro atoms. The van der Waals surface area contributed by atoms with Gasteiger partial charge >= 0.3 is 0 Å². The van der Waals surface area contributed by atoms with Crippen molar-refractivity contribution in [3.05, 3.63) is 71.6 Å². The van der Waals surface area contributed by atoms with E-state index < -0.39 is 11.9 Å². The van der Waals surface area contributed by atoms with Crippen molar-refractivity contribution in [3.63, 3.8) is 0 Å². The summed E-state index contributed by atoms with van der Waals surface area (Å²) in [5, 5.41) is 16.2. The summed E-state index contributed by atoms with van der Waals surface area (Å²) >= 11 is 0. The molecule has 7 nitrogen and oxygen atoms in total. The summed E-state index contributed by atoms with van der Waals surface area (Å²) in [6.45, 7) is 2.05. The number of nitrogens with zero attached hydrogens (tertiary/aromatic N) is 3. The molecule has 2 atom stereocenters. The van der Waals surface area contributed by atoms with Gasteiger partial charge in [0.2, 0.25) is 0 Å². The minimum Gasteiger partial charge on any atom is -0.391 e. The van der Waals surface area contributed by atoms with Crippen LogP contribution in [0, 0.1) is 12.7 Å². The van der Waals surface area contributed by atoms with E-state index in [-0.39, 0.29) is 17.5 Å². The first kappa shape index (κ1) is 21.8. The van der Waals surface area contributed by atoms with Gasteiger partial charge < -0.3 is 15.7 Å². The van der Waals surface area contributed by atoms with E-state index in [1.165, 1.54) is 6.07 Å². The first-order valence-corrected chi connectivity index (χ1v) is 10.8. The smallest absolute Gasteiger partial charge is 0.251 e. The SMILES string of the molecule is Cc1c(F)cc(C(=O)N[C@H]2CCCC[C@@H]2O)cc1NCc1cncc(-c2ncccn2)c1. The van der Waals surface area contributed by atoms with Crippen LogP contribution in [0.3, 0.4) is 0 Å². The van der Waals surface area contributed by atoms with Crippen molar-refractivity contribution in [2.45, 2.75) is 51.3 Å². The van der Waals surface area contributed by atoms with E-state index in [1.54, 1.807) is 43.8 Å². The molecular weight excluding hydrogens is 409 g/mol. The minimum atomic E-state index is -0.561. The van der Waals surface area contributed by atoms with Crippen LogP contribution in [0.5, 0.6) is 0 Å². The van der Waals surface area contributed by atoms with E-state index in [0.717, 1.165) is 30.4 Å². The lowest BCUT2D eigenvalue weighted by Gasteiger charge is -2.28. The van der Waals surface area contributed by atoms with Gasteiger partial charge in [0.25, 0.3) is 5.91 Å². The number of carbonyl (C=O) groups excluding carboxylic acids is 1. The molecule has 0 radical (unpaired) electrons. The summed E-state index contributed by atoms with van der Waals surface area (Å²) in [6, 6.07) is 6.24. The number of aliphatic hydroxyl groups excluding tert-OH is 1. The summed E-state index contributed by atoms with van der Waals surface area (Å²) in [6.07, 6.45) is 9.48. The van der Waals surface area contributed by atoms with Gasteiger partial charge in [-0.2, -0.15) is 0 Å². The van der Waals surface area contributed by atoms with Crippen molar-refractivity contribution < 1.29 is 14.3 Å².